The molecular formula is C7H5N3O. The Hall–Kier alpha value is -1.80. The summed E-state index contributed by atoms with van der Waals surface area (Å²) < 4.78 is 0. The number of rotatable bonds is 2. The third-order valence-electron chi connectivity index (χ3n) is 1.17. The first kappa shape index (κ1) is 7.31. The lowest BCUT2D eigenvalue weighted by molar-refractivity contribution is 0.112. The van der Waals surface area contributed by atoms with E-state index in [1.54, 1.807) is 18.2 Å². The maximum atomic E-state index is 10.2. The van der Waals surface area contributed by atoms with Crippen molar-refractivity contribution >= 4 is 12.0 Å². The van der Waals surface area contributed by atoms with E-state index in [1.165, 1.54) is 6.07 Å². The predicted molar refractivity (Wildman–Crippen MR) is 40.6 cm³/mol. The highest BCUT2D eigenvalue weighted by Crippen LogP contribution is 2.12. The van der Waals surface area contributed by atoms with Crippen molar-refractivity contribution in [2.75, 3.05) is 0 Å². The van der Waals surface area contributed by atoms with Gasteiger partial charge < -0.3 is 0 Å². The lowest BCUT2D eigenvalue weighted by atomic mass is 10.2. The molecule has 0 saturated carbocycles. The Kier molecular flexibility index (Phi) is 2.25. The first-order valence-corrected chi connectivity index (χ1v) is 2.97. The number of benzene rings is 1. The molecule has 0 bridgehead atoms. The molecule has 54 valence electrons. The number of carbonyl (C=O) groups excluding carboxylic acids is 1. The van der Waals surface area contributed by atoms with E-state index in [-0.39, 0.29) is 0 Å². The van der Waals surface area contributed by atoms with Gasteiger partial charge in [-0.3, -0.25) is 4.79 Å². The third-order valence-corrected chi connectivity index (χ3v) is 1.17. The zero-order valence-electron chi connectivity index (χ0n) is 5.64. The Balaban J connectivity index is 3.09. The molecule has 4 heteroatoms. The molecule has 0 unspecified atom stereocenters. The van der Waals surface area contributed by atoms with Crippen LogP contribution in [0, 0.1) is 0 Å². The smallest absolute Gasteiger partial charge is 0.150 e. The first-order chi connectivity index (χ1) is 5.36. The molecule has 0 aliphatic heterocycles. The van der Waals surface area contributed by atoms with E-state index in [2.05, 4.69) is 10.0 Å². The molecule has 0 radical (unpaired) electrons. The minimum atomic E-state index is 0.456. The summed E-state index contributed by atoms with van der Waals surface area (Å²) >= 11 is 0. The van der Waals surface area contributed by atoms with Crippen molar-refractivity contribution in [1.29, 1.82) is 0 Å². The fraction of sp³-hybridized carbons (Fsp3) is 0. The predicted octanol–water partition coefficient (Wildman–Crippen LogP) is 2.44. The van der Waals surface area contributed by atoms with Crippen molar-refractivity contribution in [3.05, 3.63) is 40.3 Å². The number of hydrogen-bond acceptors (Lipinski definition) is 2. The van der Waals surface area contributed by atoms with Crippen molar-refractivity contribution in [3.8, 4) is 0 Å². The molecule has 0 amide bonds. The summed E-state index contributed by atoms with van der Waals surface area (Å²) in [5.74, 6) is 0. The normalized spacial score (nSPS) is 8.36. The van der Waals surface area contributed by atoms with Crippen LogP contribution in [0.15, 0.2) is 29.4 Å². The SMILES string of the molecule is [N-]=[N+]=Nc1cccc(C=O)c1. The van der Waals surface area contributed by atoms with Gasteiger partial charge in [0, 0.05) is 16.2 Å². The summed E-state index contributed by atoms with van der Waals surface area (Å²) in [7, 11) is 0. The standard InChI is InChI=1S/C7H5N3O/c8-10-9-7-3-1-2-6(4-7)5-11/h1-5H. The van der Waals surface area contributed by atoms with E-state index in [0.29, 0.717) is 17.5 Å². The second kappa shape index (κ2) is 3.39. The quantitative estimate of drug-likeness (QED) is 0.274. The highest BCUT2D eigenvalue weighted by Gasteiger charge is 1.89. The Morgan fingerprint density at radius 1 is 1.55 bits per heavy atom. The average molecular weight is 147 g/mol. The molecule has 0 N–H and O–H groups in total. The van der Waals surface area contributed by atoms with Gasteiger partial charge in [0.1, 0.15) is 6.29 Å². The van der Waals surface area contributed by atoms with Gasteiger partial charge in [-0.05, 0) is 11.6 Å². The van der Waals surface area contributed by atoms with Gasteiger partial charge in [0.25, 0.3) is 0 Å². The number of carbonyl (C=O) groups is 1. The molecule has 1 rings (SSSR count). The van der Waals surface area contributed by atoms with Crippen LogP contribution in [0.1, 0.15) is 10.4 Å². The average Bonchev–Trinajstić information content (AvgIpc) is 2.06. The monoisotopic (exact) mass is 147 g/mol. The second-order valence-electron chi connectivity index (χ2n) is 1.90. The minimum absolute atomic E-state index is 0.456. The molecule has 0 fully saturated rings. The molecule has 0 spiro atoms. The van der Waals surface area contributed by atoms with Gasteiger partial charge in [-0.15, -0.1) is 0 Å². The molecular weight excluding hydrogens is 142 g/mol. The van der Waals surface area contributed by atoms with Gasteiger partial charge in [0.2, 0.25) is 0 Å². The van der Waals surface area contributed by atoms with Gasteiger partial charge in [0.15, 0.2) is 0 Å². The van der Waals surface area contributed by atoms with Gasteiger partial charge in [-0.25, -0.2) is 0 Å². The van der Waals surface area contributed by atoms with Crippen LogP contribution in [-0.2, 0) is 0 Å². The number of aldehydes is 1. The summed E-state index contributed by atoms with van der Waals surface area (Å²) in [4.78, 5) is 12.8. The highest BCUT2D eigenvalue weighted by molar-refractivity contribution is 5.76. The molecule has 0 aliphatic carbocycles. The van der Waals surface area contributed by atoms with Crippen molar-refractivity contribution in [2.45, 2.75) is 0 Å². The molecule has 1 aromatic carbocycles. The lowest BCUT2D eigenvalue weighted by Crippen LogP contribution is -1.75. The maximum absolute atomic E-state index is 10.2. The molecule has 0 aromatic heterocycles. The van der Waals surface area contributed by atoms with E-state index >= 15 is 0 Å². The van der Waals surface area contributed by atoms with E-state index in [4.69, 9.17) is 5.53 Å². The topological polar surface area (TPSA) is 65.8 Å². The first-order valence-electron chi connectivity index (χ1n) is 2.97. The Labute approximate surface area is 63.1 Å². The third kappa shape index (κ3) is 1.81. The summed E-state index contributed by atoms with van der Waals surface area (Å²) in [6.07, 6.45) is 0.705. The van der Waals surface area contributed by atoms with Crippen molar-refractivity contribution < 1.29 is 4.79 Å². The van der Waals surface area contributed by atoms with Gasteiger partial charge in [-0.1, -0.05) is 23.3 Å². The van der Waals surface area contributed by atoms with Crippen LogP contribution in [0.4, 0.5) is 5.69 Å². The fourth-order valence-electron chi connectivity index (χ4n) is 0.712. The molecule has 1 aromatic rings. The molecule has 0 aliphatic rings. The lowest BCUT2D eigenvalue weighted by Gasteiger charge is -1.90. The fourth-order valence-corrected chi connectivity index (χ4v) is 0.712. The highest BCUT2D eigenvalue weighted by atomic mass is 16.1. The summed E-state index contributed by atoms with van der Waals surface area (Å²) in [6.45, 7) is 0. The summed E-state index contributed by atoms with van der Waals surface area (Å²) in [5.41, 5.74) is 9.02. The van der Waals surface area contributed by atoms with Crippen LogP contribution in [0.2, 0.25) is 0 Å². The zero-order chi connectivity index (χ0) is 8.10. The Morgan fingerprint density at radius 3 is 3.00 bits per heavy atom. The zero-order valence-corrected chi connectivity index (χ0v) is 5.64. The second-order valence-corrected chi connectivity index (χ2v) is 1.90. The molecule has 0 saturated heterocycles. The van der Waals surface area contributed by atoms with Crippen LogP contribution >= 0.6 is 0 Å². The summed E-state index contributed by atoms with van der Waals surface area (Å²) in [5, 5.41) is 3.34. The van der Waals surface area contributed by atoms with E-state index < -0.39 is 0 Å². The van der Waals surface area contributed by atoms with E-state index in [1.807, 2.05) is 0 Å². The number of azide groups is 1. The number of hydrogen-bond donors (Lipinski definition) is 0. The van der Waals surface area contributed by atoms with Crippen molar-refractivity contribution in [1.82, 2.24) is 0 Å². The minimum Gasteiger partial charge on any atom is -0.298 e. The Bertz CT molecular complexity index is 315. The van der Waals surface area contributed by atoms with Crippen LogP contribution in [0.25, 0.3) is 10.4 Å². The van der Waals surface area contributed by atoms with Gasteiger partial charge in [-0.2, -0.15) is 0 Å². The van der Waals surface area contributed by atoms with Crippen molar-refractivity contribution in [2.24, 2.45) is 5.11 Å². The van der Waals surface area contributed by atoms with Gasteiger partial charge >= 0.3 is 0 Å². The molecule has 4 nitrogen and oxygen atoms in total. The van der Waals surface area contributed by atoms with Crippen LogP contribution in [0.5, 0.6) is 0 Å². The molecule has 0 atom stereocenters. The molecule has 0 heterocycles. The number of nitrogens with zero attached hydrogens (tertiary/aromatic N) is 3. The van der Waals surface area contributed by atoms with E-state index in [9.17, 15) is 4.79 Å². The van der Waals surface area contributed by atoms with Crippen LogP contribution < -0.4 is 0 Å². The molecule has 11 heavy (non-hydrogen) atoms. The summed E-state index contributed by atoms with van der Waals surface area (Å²) in [6, 6.07) is 6.45. The van der Waals surface area contributed by atoms with Crippen molar-refractivity contribution in [3.63, 3.8) is 0 Å². The Morgan fingerprint density at radius 2 is 2.36 bits per heavy atom. The maximum Gasteiger partial charge on any atom is 0.150 e. The van der Waals surface area contributed by atoms with Crippen LogP contribution in [-0.4, -0.2) is 6.29 Å². The largest absolute Gasteiger partial charge is 0.298 e. The van der Waals surface area contributed by atoms with Gasteiger partial charge in [0.05, 0.1) is 0 Å². The van der Waals surface area contributed by atoms with E-state index in [0.717, 1.165) is 0 Å². The van der Waals surface area contributed by atoms with Crippen LogP contribution in [0.3, 0.4) is 0 Å².